The van der Waals surface area contributed by atoms with Crippen LogP contribution in [-0.4, -0.2) is 19.7 Å². The average molecular weight is 295 g/mol. The van der Waals surface area contributed by atoms with Crippen molar-refractivity contribution in [2.24, 2.45) is 5.73 Å². The van der Waals surface area contributed by atoms with E-state index in [9.17, 15) is 8.42 Å². The molecule has 1 saturated carbocycles. The molecular formula is C16H25NO2S. The fourth-order valence-electron chi connectivity index (χ4n) is 3.15. The van der Waals surface area contributed by atoms with Crippen molar-refractivity contribution in [3.8, 4) is 0 Å². The van der Waals surface area contributed by atoms with Gasteiger partial charge in [0.2, 0.25) is 0 Å². The summed E-state index contributed by atoms with van der Waals surface area (Å²) in [5, 5.41) is -0.427. The number of hydrogen-bond donors (Lipinski definition) is 1. The number of hydrogen-bond acceptors (Lipinski definition) is 3. The van der Waals surface area contributed by atoms with Crippen molar-refractivity contribution in [3.63, 3.8) is 0 Å². The van der Waals surface area contributed by atoms with Crippen molar-refractivity contribution in [3.05, 3.63) is 29.3 Å². The Morgan fingerprint density at radius 3 is 2.35 bits per heavy atom. The first-order chi connectivity index (χ1) is 9.43. The molecule has 0 heterocycles. The molecule has 3 nitrogen and oxygen atoms in total. The summed E-state index contributed by atoms with van der Waals surface area (Å²) in [5.41, 5.74) is 8.09. The third kappa shape index (κ3) is 3.23. The maximum Gasteiger partial charge on any atom is 0.183 e. The molecule has 1 aliphatic rings. The monoisotopic (exact) mass is 295 g/mol. The van der Waals surface area contributed by atoms with Gasteiger partial charge in [-0.15, -0.1) is 0 Å². The summed E-state index contributed by atoms with van der Waals surface area (Å²) in [6.45, 7) is 3.85. The van der Waals surface area contributed by atoms with Crippen LogP contribution in [0.5, 0.6) is 0 Å². The van der Waals surface area contributed by atoms with Crippen LogP contribution >= 0.6 is 0 Å². The largest absolute Gasteiger partial charge is 0.327 e. The first-order valence-corrected chi connectivity index (χ1v) is 9.04. The molecule has 112 valence electrons. The maximum absolute atomic E-state index is 12.9. The molecule has 1 fully saturated rings. The van der Waals surface area contributed by atoms with Gasteiger partial charge in [0.05, 0.1) is 10.1 Å². The van der Waals surface area contributed by atoms with Crippen LogP contribution in [0.3, 0.4) is 0 Å². The predicted octanol–water partition coefficient (Wildman–Crippen LogP) is 3.13. The molecule has 2 N–H and O–H groups in total. The molecule has 2 unspecified atom stereocenters. The summed E-state index contributed by atoms with van der Waals surface area (Å²) in [7, 11) is -3.32. The highest BCUT2D eigenvalue weighted by atomic mass is 32.2. The number of nitrogens with two attached hydrogens (primary N) is 1. The molecule has 0 saturated heterocycles. The Bertz CT molecular complexity index is 566. The third-order valence-corrected chi connectivity index (χ3v) is 6.74. The molecule has 2 rings (SSSR count). The second kappa shape index (κ2) is 6.27. The van der Waals surface area contributed by atoms with Gasteiger partial charge in [-0.25, -0.2) is 8.42 Å². The molecule has 1 aliphatic carbocycles. The van der Waals surface area contributed by atoms with Crippen molar-refractivity contribution in [2.45, 2.75) is 68.6 Å². The fraction of sp³-hybridized carbons (Fsp3) is 0.625. The summed E-state index contributed by atoms with van der Waals surface area (Å²) in [6, 6.07) is 5.31. The highest BCUT2D eigenvalue weighted by Gasteiger charge is 2.33. The zero-order valence-corrected chi connectivity index (χ0v) is 13.2. The molecular weight excluding hydrogens is 270 g/mol. The van der Waals surface area contributed by atoms with Crippen molar-refractivity contribution in [2.75, 3.05) is 0 Å². The van der Waals surface area contributed by atoms with E-state index in [1.165, 1.54) is 6.42 Å². The smallest absolute Gasteiger partial charge is 0.183 e. The standard InChI is InChI=1S/C16H25NO2S/c1-12-9-10-15(13(2)11-12)20(18,19)16-8-6-4-3-5-7-14(16)17/h9-11,14,16H,3-8,17H2,1-2H3. The summed E-state index contributed by atoms with van der Waals surface area (Å²) >= 11 is 0. The summed E-state index contributed by atoms with van der Waals surface area (Å²) in [5.74, 6) is 0. The highest BCUT2D eigenvalue weighted by molar-refractivity contribution is 7.92. The predicted molar refractivity (Wildman–Crippen MR) is 82.6 cm³/mol. The van der Waals surface area contributed by atoms with Crippen LogP contribution in [0.15, 0.2) is 23.1 Å². The third-order valence-electron chi connectivity index (χ3n) is 4.29. The quantitative estimate of drug-likeness (QED) is 0.912. The minimum atomic E-state index is -3.32. The molecule has 4 heteroatoms. The Hall–Kier alpha value is -0.870. The highest BCUT2D eigenvalue weighted by Crippen LogP contribution is 2.28. The SMILES string of the molecule is Cc1ccc(S(=O)(=O)C2CCCCCCC2N)c(C)c1. The lowest BCUT2D eigenvalue weighted by molar-refractivity contribution is 0.444. The van der Waals surface area contributed by atoms with Gasteiger partial charge in [0.1, 0.15) is 0 Å². The van der Waals surface area contributed by atoms with Crippen molar-refractivity contribution >= 4 is 9.84 Å². The number of benzene rings is 1. The Morgan fingerprint density at radius 2 is 1.70 bits per heavy atom. The van der Waals surface area contributed by atoms with Crippen molar-refractivity contribution in [1.29, 1.82) is 0 Å². The Kier molecular flexibility index (Phi) is 4.86. The van der Waals surface area contributed by atoms with Crippen LogP contribution in [0.4, 0.5) is 0 Å². The second-order valence-electron chi connectivity index (χ2n) is 6.01. The van der Waals surface area contributed by atoms with Crippen molar-refractivity contribution < 1.29 is 8.42 Å². The van der Waals surface area contributed by atoms with Gasteiger partial charge in [0.15, 0.2) is 9.84 Å². The number of aryl methyl sites for hydroxylation is 2. The Balaban J connectivity index is 2.36. The number of rotatable bonds is 2. The van der Waals surface area contributed by atoms with Gasteiger partial charge in [-0.2, -0.15) is 0 Å². The van der Waals surface area contributed by atoms with Gasteiger partial charge in [0, 0.05) is 6.04 Å². The Morgan fingerprint density at radius 1 is 1.05 bits per heavy atom. The van der Waals surface area contributed by atoms with Crippen molar-refractivity contribution in [1.82, 2.24) is 0 Å². The summed E-state index contributed by atoms with van der Waals surface area (Å²) < 4.78 is 25.8. The molecule has 0 radical (unpaired) electrons. The average Bonchev–Trinajstić information content (AvgIpc) is 2.33. The van der Waals surface area contributed by atoms with E-state index in [4.69, 9.17) is 5.73 Å². The van der Waals surface area contributed by atoms with Gasteiger partial charge in [-0.05, 0) is 38.3 Å². The van der Waals surface area contributed by atoms with E-state index in [0.29, 0.717) is 11.3 Å². The summed E-state index contributed by atoms with van der Waals surface area (Å²) in [4.78, 5) is 0.462. The molecule has 0 aliphatic heterocycles. The molecule has 1 aromatic rings. The van der Waals surface area contributed by atoms with Crippen LogP contribution < -0.4 is 5.73 Å². The van der Waals surface area contributed by atoms with Crippen LogP contribution in [0.2, 0.25) is 0 Å². The molecule has 0 aromatic heterocycles. The van der Waals surface area contributed by atoms with E-state index in [2.05, 4.69) is 0 Å². The molecule has 0 amide bonds. The van der Waals surface area contributed by atoms with E-state index in [-0.39, 0.29) is 6.04 Å². The fourth-order valence-corrected chi connectivity index (χ4v) is 5.31. The molecule has 0 spiro atoms. The van der Waals surface area contributed by atoms with Crippen LogP contribution in [0, 0.1) is 13.8 Å². The lowest BCUT2D eigenvalue weighted by atomic mass is 9.97. The zero-order chi connectivity index (χ0) is 14.8. The lowest BCUT2D eigenvalue weighted by Gasteiger charge is -2.26. The van der Waals surface area contributed by atoms with Gasteiger partial charge in [-0.3, -0.25) is 0 Å². The minimum absolute atomic E-state index is 0.235. The molecule has 2 atom stereocenters. The minimum Gasteiger partial charge on any atom is -0.327 e. The van der Waals surface area contributed by atoms with E-state index in [1.807, 2.05) is 26.0 Å². The van der Waals surface area contributed by atoms with Gasteiger partial charge in [0.25, 0.3) is 0 Å². The normalized spacial score (nSPS) is 24.9. The first kappa shape index (κ1) is 15.5. The zero-order valence-electron chi connectivity index (χ0n) is 12.4. The first-order valence-electron chi connectivity index (χ1n) is 7.49. The topological polar surface area (TPSA) is 60.2 Å². The van der Waals surface area contributed by atoms with E-state index < -0.39 is 15.1 Å². The van der Waals surface area contributed by atoms with Crippen LogP contribution in [-0.2, 0) is 9.84 Å². The molecule has 1 aromatic carbocycles. The van der Waals surface area contributed by atoms with E-state index in [1.54, 1.807) is 6.07 Å². The van der Waals surface area contributed by atoms with Gasteiger partial charge < -0.3 is 5.73 Å². The summed E-state index contributed by atoms with van der Waals surface area (Å²) in [6.07, 6.45) is 5.80. The van der Waals surface area contributed by atoms with E-state index in [0.717, 1.165) is 36.8 Å². The Labute approximate surface area is 122 Å². The number of sulfone groups is 1. The van der Waals surface area contributed by atoms with E-state index >= 15 is 0 Å². The second-order valence-corrected chi connectivity index (χ2v) is 8.14. The molecule has 0 bridgehead atoms. The van der Waals surface area contributed by atoms with Gasteiger partial charge >= 0.3 is 0 Å². The molecule has 20 heavy (non-hydrogen) atoms. The lowest BCUT2D eigenvalue weighted by Crippen LogP contribution is -2.41. The van der Waals surface area contributed by atoms with Crippen LogP contribution in [0.25, 0.3) is 0 Å². The van der Waals surface area contributed by atoms with Crippen LogP contribution in [0.1, 0.15) is 49.7 Å². The maximum atomic E-state index is 12.9. The van der Waals surface area contributed by atoms with Gasteiger partial charge in [-0.1, -0.05) is 43.4 Å².